The van der Waals surface area contributed by atoms with Crippen LogP contribution in [0, 0.1) is 5.92 Å². The molecule has 0 fully saturated rings. The van der Waals surface area contributed by atoms with E-state index < -0.39 is 0 Å². The van der Waals surface area contributed by atoms with E-state index in [1.807, 2.05) is 12.1 Å². The standard InChI is InChI=1S/C15H24BrNO/c1-11(2)5-6-12(3)17-10-13-9-14(16)7-8-15(13)18-4/h7-9,11-12,17H,5-6,10H2,1-4H3. The Kier molecular flexibility index (Phi) is 6.72. The Bertz CT molecular complexity index is 366. The highest BCUT2D eigenvalue weighted by atomic mass is 79.9. The zero-order chi connectivity index (χ0) is 13.5. The summed E-state index contributed by atoms with van der Waals surface area (Å²) in [5.41, 5.74) is 1.20. The van der Waals surface area contributed by atoms with E-state index in [9.17, 15) is 0 Å². The molecule has 102 valence electrons. The Hall–Kier alpha value is -0.540. The Labute approximate surface area is 119 Å². The van der Waals surface area contributed by atoms with Gasteiger partial charge in [-0.05, 0) is 43.9 Å². The van der Waals surface area contributed by atoms with Gasteiger partial charge in [-0.25, -0.2) is 0 Å². The van der Waals surface area contributed by atoms with Gasteiger partial charge in [0.05, 0.1) is 7.11 Å². The number of benzene rings is 1. The Morgan fingerprint density at radius 2 is 1.94 bits per heavy atom. The van der Waals surface area contributed by atoms with Gasteiger partial charge in [0.1, 0.15) is 5.75 Å². The Balaban J connectivity index is 2.49. The quantitative estimate of drug-likeness (QED) is 0.807. The molecular formula is C15H24BrNO. The van der Waals surface area contributed by atoms with E-state index in [1.165, 1.54) is 18.4 Å². The van der Waals surface area contributed by atoms with E-state index in [0.717, 1.165) is 22.7 Å². The van der Waals surface area contributed by atoms with Crippen molar-refractivity contribution >= 4 is 15.9 Å². The van der Waals surface area contributed by atoms with Gasteiger partial charge in [0, 0.05) is 22.6 Å². The zero-order valence-corrected chi connectivity index (χ0v) is 13.4. The van der Waals surface area contributed by atoms with Crippen molar-refractivity contribution in [3.63, 3.8) is 0 Å². The molecule has 0 radical (unpaired) electrons. The molecule has 1 aromatic rings. The summed E-state index contributed by atoms with van der Waals surface area (Å²) in [6.07, 6.45) is 2.48. The smallest absolute Gasteiger partial charge is 0.123 e. The first-order valence-electron chi connectivity index (χ1n) is 6.58. The highest BCUT2D eigenvalue weighted by Gasteiger charge is 2.07. The SMILES string of the molecule is COc1ccc(Br)cc1CNC(C)CCC(C)C. The van der Waals surface area contributed by atoms with E-state index in [-0.39, 0.29) is 0 Å². The molecule has 18 heavy (non-hydrogen) atoms. The van der Waals surface area contributed by atoms with Gasteiger partial charge in [0.15, 0.2) is 0 Å². The Morgan fingerprint density at radius 1 is 1.22 bits per heavy atom. The molecule has 0 aliphatic carbocycles. The van der Waals surface area contributed by atoms with Gasteiger partial charge in [-0.15, -0.1) is 0 Å². The first-order valence-corrected chi connectivity index (χ1v) is 7.38. The molecule has 1 aromatic carbocycles. The maximum atomic E-state index is 5.37. The van der Waals surface area contributed by atoms with Crippen molar-refractivity contribution in [2.75, 3.05) is 7.11 Å². The lowest BCUT2D eigenvalue weighted by Gasteiger charge is -2.16. The molecule has 0 aliphatic heterocycles. The summed E-state index contributed by atoms with van der Waals surface area (Å²) in [6, 6.07) is 6.65. The predicted octanol–water partition coefficient (Wildman–Crippen LogP) is 4.37. The highest BCUT2D eigenvalue weighted by Crippen LogP contribution is 2.23. The maximum Gasteiger partial charge on any atom is 0.123 e. The molecule has 2 nitrogen and oxygen atoms in total. The van der Waals surface area contributed by atoms with Crippen LogP contribution in [0.3, 0.4) is 0 Å². The summed E-state index contributed by atoms with van der Waals surface area (Å²) in [5.74, 6) is 1.72. The van der Waals surface area contributed by atoms with Crippen LogP contribution in [-0.4, -0.2) is 13.2 Å². The van der Waals surface area contributed by atoms with Crippen LogP contribution < -0.4 is 10.1 Å². The first-order chi connectivity index (χ1) is 8.52. The molecule has 0 saturated heterocycles. The molecule has 1 atom stereocenters. The number of ether oxygens (including phenoxy) is 1. The van der Waals surface area contributed by atoms with Gasteiger partial charge in [-0.3, -0.25) is 0 Å². The van der Waals surface area contributed by atoms with Crippen molar-refractivity contribution in [2.45, 2.75) is 46.2 Å². The van der Waals surface area contributed by atoms with Crippen molar-refractivity contribution in [3.05, 3.63) is 28.2 Å². The summed E-state index contributed by atoms with van der Waals surface area (Å²) < 4.78 is 6.46. The maximum absolute atomic E-state index is 5.37. The molecular weight excluding hydrogens is 290 g/mol. The van der Waals surface area contributed by atoms with Crippen LogP contribution in [0.1, 0.15) is 39.2 Å². The van der Waals surface area contributed by atoms with Gasteiger partial charge < -0.3 is 10.1 Å². The fourth-order valence-electron chi connectivity index (χ4n) is 1.85. The summed E-state index contributed by atoms with van der Waals surface area (Å²) in [7, 11) is 1.72. The molecule has 1 N–H and O–H groups in total. The second-order valence-electron chi connectivity index (χ2n) is 5.21. The van der Waals surface area contributed by atoms with E-state index in [2.05, 4.69) is 48.1 Å². The van der Waals surface area contributed by atoms with Crippen LogP contribution in [0.5, 0.6) is 5.75 Å². The third kappa shape index (κ3) is 5.40. The number of hydrogen-bond acceptors (Lipinski definition) is 2. The van der Waals surface area contributed by atoms with Crippen LogP contribution in [-0.2, 0) is 6.54 Å². The van der Waals surface area contributed by atoms with E-state index in [1.54, 1.807) is 7.11 Å². The van der Waals surface area contributed by atoms with Crippen LogP contribution in [0.25, 0.3) is 0 Å². The third-order valence-electron chi connectivity index (χ3n) is 3.06. The molecule has 1 rings (SSSR count). The number of rotatable bonds is 7. The largest absolute Gasteiger partial charge is 0.496 e. The molecule has 3 heteroatoms. The molecule has 0 amide bonds. The predicted molar refractivity (Wildman–Crippen MR) is 81.1 cm³/mol. The fraction of sp³-hybridized carbons (Fsp3) is 0.600. The number of methoxy groups -OCH3 is 1. The number of nitrogens with one attached hydrogen (secondary N) is 1. The van der Waals surface area contributed by atoms with Gasteiger partial charge in [-0.2, -0.15) is 0 Å². The summed E-state index contributed by atoms with van der Waals surface area (Å²) in [5, 5.41) is 3.56. The minimum Gasteiger partial charge on any atom is -0.496 e. The normalized spacial score (nSPS) is 12.8. The minimum atomic E-state index is 0.538. The lowest BCUT2D eigenvalue weighted by Crippen LogP contribution is -2.26. The van der Waals surface area contributed by atoms with Crippen molar-refractivity contribution in [1.29, 1.82) is 0 Å². The average molecular weight is 314 g/mol. The van der Waals surface area contributed by atoms with Crippen molar-refractivity contribution < 1.29 is 4.74 Å². The highest BCUT2D eigenvalue weighted by molar-refractivity contribution is 9.10. The van der Waals surface area contributed by atoms with Crippen molar-refractivity contribution in [3.8, 4) is 5.75 Å². The summed E-state index contributed by atoms with van der Waals surface area (Å²) in [6.45, 7) is 7.63. The average Bonchev–Trinajstić information content (AvgIpc) is 2.34. The van der Waals surface area contributed by atoms with Crippen molar-refractivity contribution in [1.82, 2.24) is 5.32 Å². The van der Waals surface area contributed by atoms with Crippen molar-refractivity contribution in [2.24, 2.45) is 5.92 Å². The van der Waals surface area contributed by atoms with Gasteiger partial charge in [0.2, 0.25) is 0 Å². The molecule has 1 unspecified atom stereocenters. The fourth-order valence-corrected chi connectivity index (χ4v) is 2.26. The second kappa shape index (κ2) is 7.80. The van der Waals surface area contributed by atoms with Crippen LogP contribution in [0.15, 0.2) is 22.7 Å². The molecule has 0 saturated carbocycles. The van der Waals surface area contributed by atoms with E-state index in [0.29, 0.717) is 6.04 Å². The lowest BCUT2D eigenvalue weighted by molar-refractivity contribution is 0.401. The minimum absolute atomic E-state index is 0.538. The van der Waals surface area contributed by atoms with Crippen LogP contribution in [0.4, 0.5) is 0 Å². The second-order valence-corrected chi connectivity index (χ2v) is 6.12. The summed E-state index contributed by atoms with van der Waals surface area (Å²) in [4.78, 5) is 0. The third-order valence-corrected chi connectivity index (χ3v) is 3.55. The van der Waals surface area contributed by atoms with Crippen LogP contribution >= 0.6 is 15.9 Å². The monoisotopic (exact) mass is 313 g/mol. The molecule has 0 aromatic heterocycles. The molecule has 0 heterocycles. The molecule has 0 aliphatic rings. The first kappa shape index (κ1) is 15.5. The number of halogens is 1. The summed E-state index contributed by atoms with van der Waals surface area (Å²) >= 11 is 3.50. The molecule has 0 bridgehead atoms. The lowest BCUT2D eigenvalue weighted by atomic mass is 10.0. The topological polar surface area (TPSA) is 21.3 Å². The van der Waals surface area contributed by atoms with E-state index in [4.69, 9.17) is 4.74 Å². The van der Waals surface area contributed by atoms with Gasteiger partial charge in [0.25, 0.3) is 0 Å². The van der Waals surface area contributed by atoms with Crippen LogP contribution in [0.2, 0.25) is 0 Å². The molecule has 0 spiro atoms. The number of hydrogen-bond donors (Lipinski definition) is 1. The zero-order valence-electron chi connectivity index (χ0n) is 11.8. The van der Waals surface area contributed by atoms with E-state index >= 15 is 0 Å². The van der Waals surface area contributed by atoms with Gasteiger partial charge >= 0.3 is 0 Å². The Morgan fingerprint density at radius 3 is 2.56 bits per heavy atom. The van der Waals surface area contributed by atoms with Gasteiger partial charge in [-0.1, -0.05) is 29.8 Å².